The third-order valence-electron chi connectivity index (χ3n) is 4.83. The van der Waals surface area contributed by atoms with Gasteiger partial charge in [-0.25, -0.2) is 0 Å². The molecule has 0 unspecified atom stereocenters. The van der Waals surface area contributed by atoms with E-state index in [1.165, 1.54) is 21.8 Å². The van der Waals surface area contributed by atoms with Crippen molar-refractivity contribution in [1.29, 1.82) is 0 Å². The Bertz CT molecular complexity index is 991. The lowest BCUT2D eigenvalue weighted by molar-refractivity contribution is 0.716. The standard InChI is InChI=1S/C21H21N3/c1-14-15(2)23-19(16(3)22-14)12-13-24-20-10-6-4-8-17(20)18-9-5-7-11-21(18)24/h4-11H,12-13H2,1-3H3. The van der Waals surface area contributed by atoms with Gasteiger partial charge in [-0.3, -0.25) is 9.97 Å². The first-order valence-corrected chi connectivity index (χ1v) is 8.42. The molecule has 120 valence electrons. The first-order valence-electron chi connectivity index (χ1n) is 8.42. The van der Waals surface area contributed by atoms with E-state index in [9.17, 15) is 0 Å². The number of hydrogen-bond acceptors (Lipinski definition) is 2. The van der Waals surface area contributed by atoms with Gasteiger partial charge in [-0.05, 0) is 32.9 Å². The molecule has 24 heavy (non-hydrogen) atoms. The summed E-state index contributed by atoms with van der Waals surface area (Å²) < 4.78 is 2.40. The number of aryl methyl sites for hydroxylation is 5. The highest BCUT2D eigenvalue weighted by Gasteiger charge is 2.11. The average molecular weight is 315 g/mol. The van der Waals surface area contributed by atoms with Crippen LogP contribution < -0.4 is 0 Å². The minimum Gasteiger partial charge on any atom is -0.340 e. The van der Waals surface area contributed by atoms with Gasteiger partial charge in [-0.15, -0.1) is 0 Å². The molecule has 2 aromatic carbocycles. The van der Waals surface area contributed by atoms with Crippen LogP contribution in [0.1, 0.15) is 22.8 Å². The number of fused-ring (bicyclic) bond motifs is 3. The predicted octanol–water partition coefficient (Wildman–Crippen LogP) is 4.75. The van der Waals surface area contributed by atoms with Crippen molar-refractivity contribution in [2.45, 2.75) is 33.7 Å². The third kappa shape index (κ3) is 2.37. The number of rotatable bonds is 3. The molecule has 0 atom stereocenters. The maximum atomic E-state index is 4.76. The Labute approximate surface area is 142 Å². The molecule has 0 saturated carbocycles. The lowest BCUT2D eigenvalue weighted by Crippen LogP contribution is -2.07. The number of hydrogen-bond donors (Lipinski definition) is 0. The van der Waals surface area contributed by atoms with Crippen molar-refractivity contribution in [2.75, 3.05) is 0 Å². The predicted molar refractivity (Wildman–Crippen MR) is 99.4 cm³/mol. The zero-order chi connectivity index (χ0) is 16.7. The second-order valence-corrected chi connectivity index (χ2v) is 6.36. The fourth-order valence-electron chi connectivity index (χ4n) is 3.46. The lowest BCUT2D eigenvalue weighted by Gasteiger charge is -2.10. The Kier molecular flexibility index (Phi) is 3.57. The van der Waals surface area contributed by atoms with E-state index in [0.717, 1.165) is 35.7 Å². The third-order valence-corrected chi connectivity index (χ3v) is 4.83. The Balaban J connectivity index is 1.78. The second kappa shape index (κ2) is 5.75. The Morgan fingerprint density at radius 2 is 1.25 bits per heavy atom. The van der Waals surface area contributed by atoms with Crippen molar-refractivity contribution in [3.63, 3.8) is 0 Å². The summed E-state index contributed by atoms with van der Waals surface area (Å²) in [6, 6.07) is 17.3. The van der Waals surface area contributed by atoms with E-state index in [2.05, 4.69) is 65.0 Å². The molecule has 0 aliphatic rings. The minimum absolute atomic E-state index is 0.891. The van der Waals surface area contributed by atoms with Crippen LogP contribution >= 0.6 is 0 Å². The first kappa shape index (κ1) is 14.9. The van der Waals surface area contributed by atoms with E-state index in [0.29, 0.717) is 0 Å². The molecule has 0 radical (unpaired) electrons. The van der Waals surface area contributed by atoms with E-state index < -0.39 is 0 Å². The quantitative estimate of drug-likeness (QED) is 0.546. The summed E-state index contributed by atoms with van der Waals surface area (Å²) in [5, 5.41) is 2.63. The van der Waals surface area contributed by atoms with E-state index in [1.54, 1.807) is 0 Å². The number of aromatic nitrogens is 3. The molecule has 0 spiro atoms. The van der Waals surface area contributed by atoms with Crippen LogP contribution in [-0.4, -0.2) is 14.5 Å². The molecule has 0 aliphatic heterocycles. The summed E-state index contributed by atoms with van der Waals surface area (Å²) in [5.74, 6) is 0. The largest absolute Gasteiger partial charge is 0.340 e. The molecule has 2 heterocycles. The fourth-order valence-corrected chi connectivity index (χ4v) is 3.46. The van der Waals surface area contributed by atoms with Crippen LogP contribution in [0.15, 0.2) is 48.5 Å². The number of para-hydroxylation sites is 2. The fraction of sp³-hybridized carbons (Fsp3) is 0.238. The molecule has 0 amide bonds. The topological polar surface area (TPSA) is 30.7 Å². The van der Waals surface area contributed by atoms with E-state index >= 15 is 0 Å². The van der Waals surface area contributed by atoms with E-state index in [1.807, 2.05) is 13.8 Å². The van der Waals surface area contributed by atoms with Gasteiger partial charge in [0.2, 0.25) is 0 Å². The average Bonchev–Trinajstić information content (AvgIpc) is 2.91. The normalized spacial score (nSPS) is 11.5. The molecule has 0 saturated heterocycles. The maximum absolute atomic E-state index is 4.76. The van der Waals surface area contributed by atoms with Gasteiger partial charge >= 0.3 is 0 Å². The Morgan fingerprint density at radius 3 is 1.88 bits per heavy atom. The van der Waals surface area contributed by atoms with E-state index in [-0.39, 0.29) is 0 Å². The van der Waals surface area contributed by atoms with Gasteiger partial charge in [0.05, 0.1) is 22.8 Å². The summed E-state index contributed by atoms with van der Waals surface area (Å²) in [6.07, 6.45) is 0.891. The molecule has 4 rings (SSSR count). The minimum atomic E-state index is 0.891. The van der Waals surface area contributed by atoms with Gasteiger partial charge in [-0.2, -0.15) is 0 Å². The van der Waals surface area contributed by atoms with Crippen LogP contribution in [0.2, 0.25) is 0 Å². The highest BCUT2D eigenvalue weighted by molar-refractivity contribution is 6.07. The SMILES string of the molecule is Cc1nc(C)c(CCn2c3ccccc3c3ccccc32)nc1C. The van der Waals surface area contributed by atoms with Crippen LogP contribution in [0.3, 0.4) is 0 Å². The zero-order valence-corrected chi connectivity index (χ0v) is 14.4. The smallest absolute Gasteiger partial charge is 0.0637 e. The molecule has 4 aromatic rings. The van der Waals surface area contributed by atoms with Gasteiger partial charge in [0.1, 0.15) is 0 Å². The van der Waals surface area contributed by atoms with Crippen LogP contribution in [0.5, 0.6) is 0 Å². The summed E-state index contributed by atoms with van der Waals surface area (Å²) >= 11 is 0. The van der Waals surface area contributed by atoms with Crippen molar-refractivity contribution in [2.24, 2.45) is 0 Å². The molecular weight excluding hydrogens is 294 g/mol. The van der Waals surface area contributed by atoms with Crippen molar-refractivity contribution < 1.29 is 0 Å². The lowest BCUT2D eigenvalue weighted by atomic mass is 10.2. The van der Waals surface area contributed by atoms with E-state index in [4.69, 9.17) is 4.98 Å². The molecule has 0 N–H and O–H groups in total. The summed E-state index contributed by atoms with van der Waals surface area (Å²) in [4.78, 5) is 9.38. The van der Waals surface area contributed by atoms with Crippen molar-refractivity contribution >= 4 is 21.8 Å². The maximum Gasteiger partial charge on any atom is 0.0637 e. The van der Waals surface area contributed by atoms with Gasteiger partial charge in [0.15, 0.2) is 0 Å². The molecule has 3 nitrogen and oxygen atoms in total. The van der Waals surface area contributed by atoms with Crippen LogP contribution in [-0.2, 0) is 13.0 Å². The van der Waals surface area contributed by atoms with Crippen molar-refractivity contribution in [3.05, 3.63) is 71.3 Å². The summed E-state index contributed by atoms with van der Waals surface area (Å²) in [5.41, 5.74) is 6.76. The summed E-state index contributed by atoms with van der Waals surface area (Å²) in [7, 11) is 0. The highest BCUT2D eigenvalue weighted by Crippen LogP contribution is 2.28. The van der Waals surface area contributed by atoms with Gasteiger partial charge in [0, 0.05) is 34.8 Å². The van der Waals surface area contributed by atoms with Crippen LogP contribution in [0, 0.1) is 20.8 Å². The highest BCUT2D eigenvalue weighted by atomic mass is 15.0. The molecule has 2 aromatic heterocycles. The second-order valence-electron chi connectivity index (χ2n) is 6.36. The molecule has 0 bridgehead atoms. The summed E-state index contributed by atoms with van der Waals surface area (Å²) in [6.45, 7) is 7.02. The van der Waals surface area contributed by atoms with Crippen LogP contribution in [0.25, 0.3) is 21.8 Å². The van der Waals surface area contributed by atoms with Gasteiger partial charge in [-0.1, -0.05) is 36.4 Å². The Morgan fingerprint density at radius 1 is 0.708 bits per heavy atom. The molecular formula is C21H21N3. The van der Waals surface area contributed by atoms with Gasteiger partial charge < -0.3 is 4.57 Å². The Hall–Kier alpha value is -2.68. The van der Waals surface area contributed by atoms with Crippen molar-refractivity contribution in [3.8, 4) is 0 Å². The molecule has 3 heteroatoms. The molecule has 0 aliphatic carbocycles. The van der Waals surface area contributed by atoms with Gasteiger partial charge in [0.25, 0.3) is 0 Å². The van der Waals surface area contributed by atoms with Crippen LogP contribution in [0.4, 0.5) is 0 Å². The monoisotopic (exact) mass is 315 g/mol. The first-order chi connectivity index (χ1) is 11.6. The zero-order valence-electron chi connectivity index (χ0n) is 14.4. The molecule has 0 fully saturated rings. The number of nitrogens with zero attached hydrogens (tertiary/aromatic N) is 3. The van der Waals surface area contributed by atoms with Crippen molar-refractivity contribution in [1.82, 2.24) is 14.5 Å². The number of benzene rings is 2.